The molecule has 1 unspecified atom stereocenters. The van der Waals surface area contributed by atoms with E-state index in [1.54, 1.807) is 0 Å². The van der Waals surface area contributed by atoms with Crippen LogP contribution in [0.25, 0.3) is 0 Å². The van der Waals surface area contributed by atoms with E-state index in [0.29, 0.717) is 6.42 Å². The largest absolute Gasteiger partial charge is 0.495 e. The lowest BCUT2D eigenvalue weighted by atomic mass is 9.99. The number of non-ortho nitro benzene ring substituents is 1. The van der Waals surface area contributed by atoms with E-state index in [9.17, 15) is 31.7 Å². The third-order valence-corrected chi connectivity index (χ3v) is 6.72. The number of hydrogen-bond acceptors (Lipinski definition) is 5. The summed E-state index contributed by atoms with van der Waals surface area (Å²) >= 11 is 0. The van der Waals surface area contributed by atoms with Crippen molar-refractivity contribution in [3.8, 4) is 5.75 Å². The highest BCUT2D eigenvalue weighted by atomic mass is 32.2. The molecule has 0 radical (unpaired) electrons. The second kappa shape index (κ2) is 7.64. The molecule has 0 N–H and O–H groups in total. The lowest BCUT2D eigenvalue weighted by Gasteiger charge is -2.27. The Morgan fingerprint density at radius 2 is 1.90 bits per heavy atom. The Labute approximate surface area is 164 Å². The zero-order valence-corrected chi connectivity index (χ0v) is 16.0. The zero-order valence-electron chi connectivity index (χ0n) is 15.2. The minimum atomic E-state index is -4.63. The van der Waals surface area contributed by atoms with Crippen molar-refractivity contribution >= 4 is 15.7 Å². The molecule has 7 nitrogen and oxygen atoms in total. The number of nitro groups is 1. The number of methoxy groups -OCH3 is 1. The van der Waals surface area contributed by atoms with E-state index in [0.717, 1.165) is 28.6 Å². The molecule has 29 heavy (non-hydrogen) atoms. The van der Waals surface area contributed by atoms with Crippen molar-refractivity contribution < 1.29 is 31.2 Å². The number of hydrogen-bond donors (Lipinski definition) is 0. The fourth-order valence-corrected chi connectivity index (χ4v) is 5.31. The van der Waals surface area contributed by atoms with Gasteiger partial charge in [-0.25, -0.2) is 8.42 Å². The van der Waals surface area contributed by atoms with Gasteiger partial charge < -0.3 is 4.74 Å². The molecular weight excluding hydrogens is 413 g/mol. The third kappa shape index (κ3) is 3.92. The molecule has 0 bridgehead atoms. The molecule has 1 atom stereocenters. The van der Waals surface area contributed by atoms with Crippen LogP contribution in [0.3, 0.4) is 0 Å². The van der Waals surface area contributed by atoms with Gasteiger partial charge in [0.15, 0.2) is 0 Å². The first-order chi connectivity index (χ1) is 13.6. The summed E-state index contributed by atoms with van der Waals surface area (Å²) in [4.78, 5) is 9.91. The summed E-state index contributed by atoms with van der Waals surface area (Å²) < 4.78 is 72.8. The van der Waals surface area contributed by atoms with Gasteiger partial charge in [0.05, 0.1) is 29.7 Å². The predicted molar refractivity (Wildman–Crippen MR) is 97.0 cm³/mol. The maximum atomic E-state index is 13.4. The summed E-state index contributed by atoms with van der Waals surface area (Å²) in [5, 5.41) is 10.9. The van der Waals surface area contributed by atoms with Crippen LogP contribution in [0.5, 0.6) is 5.75 Å². The van der Waals surface area contributed by atoms with Crippen LogP contribution < -0.4 is 4.74 Å². The van der Waals surface area contributed by atoms with E-state index in [4.69, 9.17) is 4.74 Å². The van der Waals surface area contributed by atoms with Gasteiger partial charge in [0.2, 0.25) is 10.0 Å². The van der Waals surface area contributed by atoms with Crippen molar-refractivity contribution in [3.63, 3.8) is 0 Å². The van der Waals surface area contributed by atoms with E-state index >= 15 is 0 Å². The Morgan fingerprint density at radius 1 is 1.21 bits per heavy atom. The lowest BCUT2D eigenvalue weighted by molar-refractivity contribution is -0.385. The molecule has 0 spiro atoms. The van der Waals surface area contributed by atoms with Gasteiger partial charge in [-0.2, -0.15) is 17.5 Å². The van der Waals surface area contributed by atoms with Gasteiger partial charge in [-0.1, -0.05) is 18.2 Å². The maximum Gasteiger partial charge on any atom is 0.416 e. The Hall–Kier alpha value is -2.66. The smallest absolute Gasteiger partial charge is 0.416 e. The molecule has 2 aromatic rings. The summed E-state index contributed by atoms with van der Waals surface area (Å²) in [6.07, 6.45) is -4.02. The number of alkyl halides is 3. The van der Waals surface area contributed by atoms with Gasteiger partial charge in [-0.05, 0) is 30.5 Å². The number of sulfonamides is 1. The van der Waals surface area contributed by atoms with E-state index in [1.807, 2.05) is 0 Å². The summed E-state index contributed by atoms with van der Waals surface area (Å²) in [6, 6.07) is 6.90. The molecule has 11 heteroatoms. The van der Waals surface area contributed by atoms with Crippen molar-refractivity contribution in [3.05, 3.63) is 63.7 Å². The number of nitro benzene ring substituents is 1. The highest BCUT2D eigenvalue weighted by molar-refractivity contribution is 7.89. The molecule has 0 amide bonds. The first-order valence-electron chi connectivity index (χ1n) is 8.57. The maximum absolute atomic E-state index is 13.4. The second-order valence-electron chi connectivity index (χ2n) is 6.45. The van der Waals surface area contributed by atoms with Crippen LogP contribution in [0.15, 0.2) is 47.4 Å². The monoisotopic (exact) mass is 430 g/mol. The highest BCUT2D eigenvalue weighted by Gasteiger charge is 2.42. The number of ether oxygens (including phenoxy) is 1. The highest BCUT2D eigenvalue weighted by Crippen LogP contribution is 2.43. The Morgan fingerprint density at radius 3 is 2.52 bits per heavy atom. The van der Waals surface area contributed by atoms with Crippen LogP contribution in [0.4, 0.5) is 18.9 Å². The molecule has 1 aliphatic rings. The second-order valence-corrected chi connectivity index (χ2v) is 8.31. The fourth-order valence-electron chi connectivity index (χ4n) is 3.49. The summed E-state index contributed by atoms with van der Waals surface area (Å²) in [5.41, 5.74) is -1.37. The van der Waals surface area contributed by atoms with Gasteiger partial charge in [-0.15, -0.1) is 0 Å². The van der Waals surface area contributed by atoms with Gasteiger partial charge in [0.25, 0.3) is 5.69 Å². The average Bonchev–Trinajstić information content (AvgIpc) is 3.17. The first kappa shape index (κ1) is 21.1. The topological polar surface area (TPSA) is 89.7 Å². The molecule has 1 heterocycles. The molecule has 1 aliphatic heterocycles. The molecule has 1 fully saturated rings. The lowest BCUT2D eigenvalue weighted by Crippen LogP contribution is -2.32. The average molecular weight is 430 g/mol. The molecule has 2 aromatic carbocycles. The minimum absolute atomic E-state index is 0.0271. The van der Waals surface area contributed by atoms with E-state index in [-0.39, 0.29) is 34.9 Å². The zero-order chi connectivity index (χ0) is 21.4. The minimum Gasteiger partial charge on any atom is -0.495 e. The van der Waals surface area contributed by atoms with Crippen LogP contribution in [0, 0.1) is 10.1 Å². The quantitative estimate of drug-likeness (QED) is 0.525. The van der Waals surface area contributed by atoms with Crippen molar-refractivity contribution in [2.45, 2.75) is 30.0 Å². The van der Waals surface area contributed by atoms with Crippen molar-refractivity contribution in [2.75, 3.05) is 13.7 Å². The van der Waals surface area contributed by atoms with Crippen LogP contribution in [-0.4, -0.2) is 31.3 Å². The van der Waals surface area contributed by atoms with E-state index in [1.165, 1.54) is 25.3 Å². The molecule has 156 valence electrons. The standard InChI is InChI=1S/C18H17F3N2O5S/c1-28-16-11-12(23(24)25)8-9-17(16)29(26,27)22-10-4-7-15(22)13-5-2-3-6-14(13)18(19,20)21/h2-3,5-6,8-9,11,15H,4,7,10H2,1H3. The van der Waals surface area contributed by atoms with Gasteiger partial charge in [0, 0.05) is 12.6 Å². The van der Waals surface area contributed by atoms with Gasteiger partial charge in [-0.3, -0.25) is 10.1 Å². The van der Waals surface area contributed by atoms with Crippen LogP contribution in [-0.2, 0) is 16.2 Å². The number of nitrogens with zero attached hydrogens (tertiary/aromatic N) is 2. The number of benzene rings is 2. The summed E-state index contributed by atoms with van der Waals surface area (Å²) in [7, 11) is -3.10. The SMILES string of the molecule is COc1cc([N+](=O)[O-])ccc1S(=O)(=O)N1CCCC1c1ccccc1C(F)(F)F. The molecule has 0 aliphatic carbocycles. The molecule has 3 rings (SSSR count). The molecule has 1 saturated heterocycles. The Balaban J connectivity index is 2.08. The van der Waals surface area contributed by atoms with E-state index < -0.39 is 32.7 Å². The number of halogens is 3. The fraction of sp³-hybridized carbons (Fsp3) is 0.333. The normalized spacial score (nSPS) is 18.0. The van der Waals surface area contributed by atoms with Crippen LogP contribution in [0.1, 0.15) is 30.0 Å². The van der Waals surface area contributed by atoms with Gasteiger partial charge in [0.1, 0.15) is 10.6 Å². The van der Waals surface area contributed by atoms with Crippen molar-refractivity contribution in [1.82, 2.24) is 4.31 Å². The molecule has 0 aromatic heterocycles. The first-order valence-corrected chi connectivity index (χ1v) is 10.0. The van der Waals surface area contributed by atoms with Gasteiger partial charge >= 0.3 is 6.18 Å². The third-order valence-electron chi connectivity index (χ3n) is 4.77. The summed E-state index contributed by atoms with van der Waals surface area (Å²) in [6.45, 7) is 0.0271. The predicted octanol–water partition coefficient (Wildman–Crippen LogP) is 4.15. The van der Waals surface area contributed by atoms with Crippen molar-refractivity contribution in [1.29, 1.82) is 0 Å². The summed E-state index contributed by atoms with van der Waals surface area (Å²) in [5.74, 6) is -0.242. The van der Waals surface area contributed by atoms with Crippen molar-refractivity contribution in [2.24, 2.45) is 0 Å². The Bertz CT molecular complexity index is 1040. The van der Waals surface area contributed by atoms with Crippen LogP contribution >= 0.6 is 0 Å². The molecular formula is C18H17F3N2O5S. The number of rotatable bonds is 5. The molecule has 0 saturated carbocycles. The van der Waals surface area contributed by atoms with Crippen LogP contribution in [0.2, 0.25) is 0 Å². The van der Waals surface area contributed by atoms with E-state index in [2.05, 4.69) is 0 Å². The Kier molecular flexibility index (Phi) is 5.54.